The van der Waals surface area contributed by atoms with E-state index in [0.717, 1.165) is 18.7 Å². The summed E-state index contributed by atoms with van der Waals surface area (Å²) in [6.07, 6.45) is 1.13. The lowest BCUT2D eigenvalue weighted by Crippen LogP contribution is -2.30. The number of hydrogen-bond donors (Lipinski definition) is 1. The zero-order valence-corrected chi connectivity index (χ0v) is 13.6. The van der Waals surface area contributed by atoms with Gasteiger partial charge < -0.3 is 9.80 Å². The molecule has 7 heteroatoms. The summed E-state index contributed by atoms with van der Waals surface area (Å²) < 4.78 is 22.2. The number of benzene rings is 1. The molecule has 1 aliphatic rings. The molecule has 122 valence electrons. The summed E-state index contributed by atoms with van der Waals surface area (Å²) in [5.41, 5.74) is 1.14. The van der Waals surface area contributed by atoms with Gasteiger partial charge >= 0.3 is 0 Å². The summed E-state index contributed by atoms with van der Waals surface area (Å²) in [5, 5.41) is 5.05. The predicted molar refractivity (Wildman–Crippen MR) is 87.0 cm³/mol. The SMILES string of the molecule is CN(CCCN1CC(CS(N)(=O)=O)CC1=O)c1ccccc1. The maximum atomic E-state index is 11.9. The van der Waals surface area contributed by atoms with Crippen molar-refractivity contribution in [3.05, 3.63) is 30.3 Å². The third kappa shape index (κ3) is 4.99. The highest BCUT2D eigenvalue weighted by atomic mass is 32.2. The van der Waals surface area contributed by atoms with Crippen LogP contribution in [0.25, 0.3) is 0 Å². The van der Waals surface area contributed by atoms with E-state index in [-0.39, 0.29) is 24.0 Å². The highest BCUT2D eigenvalue weighted by Gasteiger charge is 2.31. The largest absolute Gasteiger partial charge is 0.375 e. The second-order valence-electron chi connectivity index (χ2n) is 5.85. The summed E-state index contributed by atoms with van der Waals surface area (Å²) in [7, 11) is -1.49. The Morgan fingerprint density at radius 1 is 1.32 bits per heavy atom. The van der Waals surface area contributed by atoms with E-state index in [1.807, 2.05) is 37.4 Å². The molecule has 1 aromatic carbocycles. The van der Waals surface area contributed by atoms with Crippen molar-refractivity contribution in [1.29, 1.82) is 0 Å². The molecule has 1 aliphatic heterocycles. The zero-order valence-electron chi connectivity index (χ0n) is 12.8. The molecule has 1 heterocycles. The number of carbonyl (C=O) groups excluding carboxylic acids is 1. The molecule has 0 saturated carbocycles. The smallest absolute Gasteiger partial charge is 0.222 e. The van der Waals surface area contributed by atoms with Crippen LogP contribution < -0.4 is 10.0 Å². The van der Waals surface area contributed by atoms with E-state index >= 15 is 0 Å². The van der Waals surface area contributed by atoms with Gasteiger partial charge in [-0.15, -0.1) is 0 Å². The van der Waals surface area contributed by atoms with Crippen LogP contribution in [0.5, 0.6) is 0 Å². The van der Waals surface area contributed by atoms with Crippen LogP contribution in [0.3, 0.4) is 0 Å². The van der Waals surface area contributed by atoms with Gasteiger partial charge in [0.1, 0.15) is 0 Å². The molecule has 1 saturated heterocycles. The molecule has 0 aromatic heterocycles. The topological polar surface area (TPSA) is 83.7 Å². The first-order chi connectivity index (χ1) is 10.3. The van der Waals surface area contributed by atoms with Gasteiger partial charge in [0.05, 0.1) is 5.75 Å². The van der Waals surface area contributed by atoms with E-state index in [2.05, 4.69) is 4.90 Å². The molecule has 1 fully saturated rings. The molecule has 1 atom stereocenters. The van der Waals surface area contributed by atoms with Crippen LogP contribution in [0.2, 0.25) is 0 Å². The van der Waals surface area contributed by atoms with Crippen LogP contribution in [-0.2, 0) is 14.8 Å². The van der Waals surface area contributed by atoms with E-state index in [4.69, 9.17) is 5.14 Å². The second kappa shape index (κ2) is 7.11. The van der Waals surface area contributed by atoms with Gasteiger partial charge in [-0.25, -0.2) is 13.6 Å². The first-order valence-electron chi connectivity index (χ1n) is 7.39. The molecule has 1 amide bonds. The van der Waals surface area contributed by atoms with Crippen molar-refractivity contribution >= 4 is 21.6 Å². The number of nitrogens with zero attached hydrogens (tertiary/aromatic N) is 2. The van der Waals surface area contributed by atoms with Gasteiger partial charge in [-0.3, -0.25) is 4.79 Å². The average Bonchev–Trinajstić information content (AvgIpc) is 2.77. The zero-order chi connectivity index (χ0) is 16.2. The van der Waals surface area contributed by atoms with Gasteiger partial charge in [0, 0.05) is 44.7 Å². The molecule has 1 unspecified atom stereocenters. The maximum Gasteiger partial charge on any atom is 0.222 e. The number of nitrogens with two attached hydrogens (primary N) is 1. The van der Waals surface area contributed by atoms with Crippen molar-refractivity contribution in [3.8, 4) is 0 Å². The van der Waals surface area contributed by atoms with Crippen molar-refractivity contribution in [2.24, 2.45) is 11.1 Å². The van der Waals surface area contributed by atoms with Crippen molar-refractivity contribution in [1.82, 2.24) is 4.90 Å². The van der Waals surface area contributed by atoms with E-state index in [1.54, 1.807) is 4.90 Å². The molecule has 1 aromatic rings. The number of hydrogen-bond acceptors (Lipinski definition) is 4. The molecule has 2 N–H and O–H groups in total. The minimum Gasteiger partial charge on any atom is -0.375 e. The standard InChI is InChI=1S/C15H23N3O3S/c1-17(14-6-3-2-4-7-14)8-5-9-18-11-13(10-15(18)19)12-22(16,20)21/h2-4,6-7,13H,5,8-12H2,1H3,(H2,16,20,21). The van der Waals surface area contributed by atoms with Gasteiger partial charge in [-0.2, -0.15) is 0 Å². The number of sulfonamides is 1. The van der Waals surface area contributed by atoms with Crippen molar-refractivity contribution in [2.45, 2.75) is 12.8 Å². The number of primary sulfonamides is 1. The maximum absolute atomic E-state index is 11.9. The monoisotopic (exact) mass is 325 g/mol. The van der Waals surface area contributed by atoms with Crippen LogP contribution in [0.15, 0.2) is 30.3 Å². The second-order valence-corrected chi connectivity index (χ2v) is 7.51. The number of anilines is 1. The number of amides is 1. The minimum atomic E-state index is -3.51. The summed E-state index contributed by atoms with van der Waals surface area (Å²) >= 11 is 0. The molecule has 6 nitrogen and oxygen atoms in total. The Hall–Kier alpha value is -1.60. The summed E-state index contributed by atoms with van der Waals surface area (Å²) in [4.78, 5) is 15.8. The van der Waals surface area contributed by atoms with Gasteiger partial charge in [-0.1, -0.05) is 18.2 Å². The van der Waals surface area contributed by atoms with Gasteiger partial charge in [0.15, 0.2) is 0 Å². The Labute approximate surface area is 131 Å². The Morgan fingerprint density at radius 2 is 2.00 bits per heavy atom. The molecular formula is C15H23N3O3S. The van der Waals surface area contributed by atoms with E-state index < -0.39 is 10.0 Å². The molecule has 0 bridgehead atoms. The number of likely N-dealkylation sites (tertiary alicyclic amines) is 1. The van der Waals surface area contributed by atoms with Gasteiger partial charge in [0.2, 0.25) is 15.9 Å². The Morgan fingerprint density at radius 3 is 2.64 bits per heavy atom. The predicted octanol–water partition coefficient (Wildman–Crippen LogP) is 0.650. The lowest BCUT2D eigenvalue weighted by molar-refractivity contribution is -0.127. The summed E-state index contributed by atoms with van der Waals surface area (Å²) in [6.45, 7) is 1.98. The fraction of sp³-hybridized carbons (Fsp3) is 0.533. The van der Waals surface area contributed by atoms with Crippen molar-refractivity contribution in [3.63, 3.8) is 0 Å². The summed E-state index contributed by atoms with van der Waals surface area (Å²) in [6, 6.07) is 10.1. The van der Waals surface area contributed by atoms with Crippen molar-refractivity contribution < 1.29 is 13.2 Å². The van der Waals surface area contributed by atoms with Gasteiger partial charge in [0.25, 0.3) is 0 Å². The van der Waals surface area contributed by atoms with Crippen LogP contribution >= 0.6 is 0 Å². The highest BCUT2D eigenvalue weighted by molar-refractivity contribution is 7.89. The first-order valence-corrected chi connectivity index (χ1v) is 9.11. The van der Waals surface area contributed by atoms with Gasteiger partial charge in [-0.05, 0) is 18.6 Å². The summed E-state index contributed by atoms with van der Waals surface area (Å²) in [5.74, 6) is -0.260. The van der Waals surface area contributed by atoms with E-state index in [0.29, 0.717) is 13.1 Å². The Balaban J connectivity index is 1.76. The average molecular weight is 325 g/mol. The normalized spacial score (nSPS) is 18.7. The third-order valence-electron chi connectivity index (χ3n) is 3.88. The quantitative estimate of drug-likeness (QED) is 0.798. The van der Waals surface area contributed by atoms with E-state index in [9.17, 15) is 13.2 Å². The lowest BCUT2D eigenvalue weighted by atomic mass is 10.1. The molecule has 22 heavy (non-hydrogen) atoms. The molecule has 2 rings (SSSR count). The fourth-order valence-corrected chi connectivity index (χ4v) is 3.70. The number of rotatable bonds is 7. The van der Waals surface area contributed by atoms with Crippen LogP contribution in [0.4, 0.5) is 5.69 Å². The Kier molecular flexibility index (Phi) is 5.42. The lowest BCUT2D eigenvalue weighted by Gasteiger charge is -2.22. The van der Waals surface area contributed by atoms with Crippen LogP contribution in [0.1, 0.15) is 12.8 Å². The molecular weight excluding hydrogens is 302 g/mol. The Bertz CT molecular complexity index is 604. The molecule has 0 spiro atoms. The fourth-order valence-electron chi connectivity index (χ4n) is 2.82. The minimum absolute atomic E-state index is 0.0241. The number of carbonyl (C=O) groups is 1. The third-order valence-corrected chi connectivity index (χ3v) is 4.82. The first kappa shape index (κ1) is 16.8. The highest BCUT2D eigenvalue weighted by Crippen LogP contribution is 2.19. The molecule has 0 radical (unpaired) electrons. The number of para-hydroxylation sites is 1. The molecule has 0 aliphatic carbocycles. The van der Waals surface area contributed by atoms with Crippen LogP contribution in [-0.4, -0.2) is 51.7 Å². The van der Waals surface area contributed by atoms with Crippen molar-refractivity contribution in [2.75, 3.05) is 37.3 Å². The van der Waals surface area contributed by atoms with Crippen LogP contribution in [0, 0.1) is 5.92 Å². The van der Waals surface area contributed by atoms with E-state index in [1.165, 1.54) is 0 Å².